The van der Waals surface area contributed by atoms with Crippen LogP contribution in [-0.2, 0) is 6.42 Å². The van der Waals surface area contributed by atoms with Crippen LogP contribution >= 0.6 is 0 Å². The molecule has 0 aliphatic carbocycles. The Morgan fingerprint density at radius 1 is 1.10 bits per heavy atom. The van der Waals surface area contributed by atoms with E-state index in [0.29, 0.717) is 6.42 Å². The number of benzene rings is 2. The van der Waals surface area contributed by atoms with Crippen LogP contribution in [0.25, 0.3) is 0 Å². The van der Waals surface area contributed by atoms with Gasteiger partial charge in [-0.15, -0.1) is 0 Å². The summed E-state index contributed by atoms with van der Waals surface area (Å²) in [7, 11) is 0. The van der Waals surface area contributed by atoms with E-state index >= 15 is 0 Å². The molecule has 0 aliphatic heterocycles. The second-order valence-corrected chi connectivity index (χ2v) is 4.67. The minimum atomic E-state index is -1.08. The number of aliphatic hydroxyl groups is 1. The molecule has 1 amide bonds. The molecule has 0 saturated heterocycles. The van der Waals surface area contributed by atoms with Gasteiger partial charge in [-0.1, -0.05) is 30.3 Å². The number of hydrogen-bond acceptors (Lipinski definition) is 2. The molecule has 2 rings (SSSR count). The topological polar surface area (TPSA) is 49.3 Å². The highest BCUT2D eigenvalue weighted by atomic mass is 19.2. The van der Waals surface area contributed by atoms with Gasteiger partial charge in [-0.2, -0.15) is 0 Å². The number of hydrogen-bond donors (Lipinski definition) is 2. The predicted molar refractivity (Wildman–Crippen MR) is 74.8 cm³/mol. The summed E-state index contributed by atoms with van der Waals surface area (Å²) >= 11 is 0. The van der Waals surface area contributed by atoms with Crippen molar-refractivity contribution in [2.45, 2.75) is 12.5 Å². The fourth-order valence-electron chi connectivity index (χ4n) is 1.97. The van der Waals surface area contributed by atoms with E-state index in [4.69, 9.17) is 0 Å². The molecule has 3 nitrogen and oxygen atoms in total. The lowest BCUT2D eigenvalue weighted by atomic mass is 10.1. The van der Waals surface area contributed by atoms with Crippen LogP contribution in [0.4, 0.5) is 8.78 Å². The Morgan fingerprint density at radius 3 is 2.43 bits per heavy atom. The molecule has 21 heavy (non-hydrogen) atoms. The molecule has 0 bridgehead atoms. The van der Waals surface area contributed by atoms with Gasteiger partial charge < -0.3 is 10.4 Å². The quantitative estimate of drug-likeness (QED) is 0.888. The molecule has 0 aliphatic rings. The van der Waals surface area contributed by atoms with Gasteiger partial charge >= 0.3 is 0 Å². The van der Waals surface area contributed by atoms with Crippen molar-refractivity contribution >= 4 is 5.91 Å². The Kier molecular flexibility index (Phi) is 5.00. The van der Waals surface area contributed by atoms with Crippen LogP contribution in [-0.4, -0.2) is 23.7 Å². The summed E-state index contributed by atoms with van der Waals surface area (Å²) in [5.41, 5.74) is 0.975. The lowest BCUT2D eigenvalue weighted by Crippen LogP contribution is -2.39. The normalized spacial score (nSPS) is 12.0. The first kappa shape index (κ1) is 15.1. The van der Waals surface area contributed by atoms with Gasteiger partial charge in [0.25, 0.3) is 5.91 Å². The monoisotopic (exact) mass is 291 g/mol. The first-order valence-corrected chi connectivity index (χ1v) is 6.51. The SMILES string of the molecule is O=C(N[C@H](CO)Cc1ccccc1)c1ccc(F)c(F)c1. The lowest BCUT2D eigenvalue weighted by Gasteiger charge is -2.16. The van der Waals surface area contributed by atoms with Crippen LogP contribution in [0.15, 0.2) is 48.5 Å². The van der Waals surface area contributed by atoms with Crippen molar-refractivity contribution < 1.29 is 18.7 Å². The summed E-state index contributed by atoms with van der Waals surface area (Å²) in [5, 5.41) is 11.9. The number of halogens is 2. The van der Waals surface area contributed by atoms with Gasteiger partial charge in [0, 0.05) is 5.56 Å². The maximum Gasteiger partial charge on any atom is 0.251 e. The van der Waals surface area contributed by atoms with Gasteiger partial charge in [0.2, 0.25) is 0 Å². The van der Waals surface area contributed by atoms with Gasteiger partial charge in [-0.25, -0.2) is 8.78 Å². The lowest BCUT2D eigenvalue weighted by molar-refractivity contribution is 0.0916. The van der Waals surface area contributed by atoms with E-state index < -0.39 is 23.6 Å². The smallest absolute Gasteiger partial charge is 0.251 e. The number of aliphatic hydroxyl groups excluding tert-OH is 1. The number of amides is 1. The molecule has 2 aromatic rings. The molecule has 0 unspecified atom stereocenters. The van der Waals surface area contributed by atoms with E-state index in [1.54, 1.807) is 0 Å². The van der Waals surface area contributed by atoms with E-state index in [0.717, 1.165) is 17.7 Å². The molecule has 0 fully saturated rings. The van der Waals surface area contributed by atoms with Crippen molar-refractivity contribution in [3.63, 3.8) is 0 Å². The van der Waals surface area contributed by atoms with E-state index in [9.17, 15) is 18.7 Å². The van der Waals surface area contributed by atoms with Crippen LogP contribution in [0.5, 0.6) is 0 Å². The third-order valence-corrected chi connectivity index (χ3v) is 3.06. The van der Waals surface area contributed by atoms with Crippen molar-refractivity contribution in [1.82, 2.24) is 5.32 Å². The molecular weight excluding hydrogens is 276 g/mol. The second kappa shape index (κ2) is 6.95. The second-order valence-electron chi connectivity index (χ2n) is 4.67. The average Bonchev–Trinajstić information content (AvgIpc) is 2.50. The van der Waals surface area contributed by atoms with E-state index in [1.807, 2.05) is 30.3 Å². The van der Waals surface area contributed by atoms with Gasteiger partial charge in [0.1, 0.15) is 0 Å². The van der Waals surface area contributed by atoms with Crippen molar-refractivity contribution in [3.8, 4) is 0 Å². The maximum absolute atomic E-state index is 13.1. The fraction of sp³-hybridized carbons (Fsp3) is 0.188. The summed E-state index contributed by atoms with van der Waals surface area (Å²) in [6.07, 6.45) is 0.451. The number of carbonyl (C=O) groups excluding carboxylic acids is 1. The minimum Gasteiger partial charge on any atom is -0.394 e. The Labute approximate surface area is 121 Å². The van der Waals surface area contributed by atoms with Crippen LogP contribution in [0.1, 0.15) is 15.9 Å². The highest BCUT2D eigenvalue weighted by Crippen LogP contribution is 2.09. The third kappa shape index (κ3) is 4.10. The molecule has 0 spiro atoms. The molecular formula is C16H15F2NO2. The summed E-state index contributed by atoms with van der Waals surface area (Å²) < 4.78 is 25.9. The van der Waals surface area contributed by atoms with E-state index in [2.05, 4.69) is 5.32 Å². The van der Waals surface area contributed by atoms with Gasteiger partial charge in [-0.3, -0.25) is 4.79 Å². The summed E-state index contributed by atoms with van der Waals surface area (Å²) in [6.45, 7) is -0.246. The molecule has 110 valence electrons. The van der Waals surface area contributed by atoms with Gasteiger partial charge in [0.05, 0.1) is 12.6 Å². The Balaban J connectivity index is 2.04. The fourth-order valence-corrected chi connectivity index (χ4v) is 1.97. The molecule has 5 heteroatoms. The predicted octanol–water partition coefficient (Wildman–Crippen LogP) is 2.30. The molecule has 0 radical (unpaired) electrons. The van der Waals surface area contributed by atoms with Crippen molar-refractivity contribution in [2.75, 3.05) is 6.61 Å². The van der Waals surface area contributed by atoms with Crippen LogP contribution in [0.3, 0.4) is 0 Å². The molecule has 2 aromatic carbocycles. The molecule has 0 saturated carbocycles. The zero-order valence-electron chi connectivity index (χ0n) is 11.2. The zero-order valence-corrected chi connectivity index (χ0v) is 11.2. The van der Waals surface area contributed by atoms with Gasteiger partial charge in [-0.05, 0) is 30.2 Å². The maximum atomic E-state index is 13.1. The number of rotatable bonds is 5. The van der Waals surface area contributed by atoms with Crippen molar-refractivity contribution in [2.24, 2.45) is 0 Å². The molecule has 0 aromatic heterocycles. The highest BCUT2D eigenvalue weighted by Gasteiger charge is 2.15. The Morgan fingerprint density at radius 2 is 1.81 bits per heavy atom. The largest absolute Gasteiger partial charge is 0.394 e. The highest BCUT2D eigenvalue weighted by molar-refractivity contribution is 5.94. The summed E-state index contributed by atoms with van der Waals surface area (Å²) in [6, 6.07) is 11.8. The molecule has 0 heterocycles. The van der Waals surface area contributed by atoms with Gasteiger partial charge in [0.15, 0.2) is 11.6 Å². The minimum absolute atomic E-state index is 0.0143. The number of nitrogens with one attached hydrogen (secondary N) is 1. The van der Waals surface area contributed by atoms with Crippen molar-refractivity contribution in [3.05, 3.63) is 71.3 Å². The number of carbonyl (C=O) groups is 1. The average molecular weight is 291 g/mol. The van der Waals surface area contributed by atoms with E-state index in [1.165, 1.54) is 6.07 Å². The van der Waals surface area contributed by atoms with Crippen LogP contribution < -0.4 is 5.32 Å². The molecule has 1 atom stereocenters. The Hall–Kier alpha value is -2.27. The third-order valence-electron chi connectivity index (χ3n) is 3.06. The summed E-state index contributed by atoms with van der Waals surface area (Å²) in [5.74, 6) is -2.63. The summed E-state index contributed by atoms with van der Waals surface area (Å²) in [4.78, 5) is 12.0. The van der Waals surface area contributed by atoms with Crippen LogP contribution in [0, 0.1) is 11.6 Å². The van der Waals surface area contributed by atoms with Crippen LogP contribution in [0.2, 0.25) is 0 Å². The zero-order chi connectivity index (χ0) is 15.2. The molecule has 2 N–H and O–H groups in total. The first-order valence-electron chi connectivity index (χ1n) is 6.51. The van der Waals surface area contributed by atoms with E-state index in [-0.39, 0.29) is 12.2 Å². The Bertz CT molecular complexity index is 617. The first-order chi connectivity index (χ1) is 10.1. The standard InChI is InChI=1S/C16H15F2NO2/c17-14-7-6-12(9-15(14)18)16(21)19-13(10-20)8-11-4-2-1-3-5-11/h1-7,9,13,20H,8,10H2,(H,19,21)/t13-/m0/s1. The van der Waals surface area contributed by atoms with Crippen molar-refractivity contribution in [1.29, 1.82) is 0 Å².